The van der Waals surface area contributed by atoms with E-state index >= 15 is 0 Å². The topological polar surface area (TPSA) is 235 Å². The van der Waals surface area contributed by atoms with Crippen LogP contribution in [0, 0.1) is 0 Å². The van der Waals surface area contributed by atoms with Crippen LogP contribution in [0.15, 0.2) is 0 Å². The Morgan fingerprint density at radius 1 is 0.346 bits per heavy atom. The summed E-state index contributed by atoms with van der Waals surface area (Å²) >= 11 is 0. The van der Waals surface area contributed by atoms with Gasteiger partial charge in [-0.1, -0.05) is 232 Å². The molecule has 0 saturated carbocycles. The summed E-state index contributed by atoms with van der Waals surface area (Å²) in [5, 5.41) is 37.4. The van der Waals surface area contributed by atoms with Crippen LogP contribution in [0.3, 0.4) is 0 Å². The van der Waals surface area contributed by atoms with Crippen LogP contribution >= 0.6 is 0 Å². The fraction of sp³-hybridized carbons (Fsp3) is 0.889. The van der Waals surface area contributed by atoms with Crippen molar-refractivity contribution in [1.82, 2.24) is 24.5 Å². The summed E-state index contributed by atoms with van der Waals surface area (Å²) in [6.07, 6.45) is 45.2. The van der Waals surface area contributed by atoms with E-state index in [2.05, 4.69) is 13.8 Å². The maximum Gasteiger partial charge on any atom is 0.317 e. The molecule has 0 aliphatic carbocycles. The van der Waals surface area contributed by atoms with E-state index in [4.69, 9.17) is 9.47 Å². The van der Waals surface area contributed by atoms with Gasteiger partial charge < -0.3 is 39.7 Å². The summed E-state index contributed by atoms with van der Waals surface area (Å²) in [6.45, 7) is 2.87. The molecule has 0 aromatic carbocycles. The fourth-order valence-corrected chi connectivity index (χ4v) is 10.2. The van der Waals surface area contributed by atoms with Gasteiger partial charge in [0.1, 0.15) is 12.7 Å². The number of hydrogen-bond acceptors (Lipinski definition) is 13. The third-order valence-electron chi connectivity index (χ3n) is 15.2. The number of nitrogens with zero attached hydrogens (tertiary/aromatic N) is 5. The molecule has 0 spiro atoms. The van der Waals surface area contributed by atoms with Gasteiger partial charge in [0, 0.05) is 65.7 Å². The third-order valence-corrected chi connectivity index (χ3v) is 15.2. The highest BCUT2D eigenvalue weighted by Gasteiger charge is 2.23. The van der Waals surface area contributed by atoms with Crippen molar-refractivity contribution < 1.29 is 63.5 Å². The first-order valence-corrected chi connectivity index (χ1v) is 32.4. The number of aliphatic carboxylic acids is 4. The molecule has 0 aliphatic rings. The van der Waals surface area contributed by atoms with Crippen molar-refractivity contribution in [2.24, 2.45) is 0 Å². The van der Waals surface area contributed by atoms with E-state index in [0.717, 1.165) is 44.9 Å². The zero-order chi connectivity index (χ0) is 60.0. The molecular formula is C63H119N5O13. The number of rotatable bonds is 62. The normalized spacial score (nSPS) is 12.0. The summed E-state index contributed by atoms with van der Waals surface area (Å²) in [7, 11) is 3.43. The molecule has 18 heteroatoms. The fourth-order valence-electron chi connectivity index (χ4n) is 10.2. The standard InChI is InChI=1S/C63H119N5O13/c1-5-7-9-11-13-15-17-19-21-23-25-27-29-31-33-35-37-39-41-62(78)80-55-56(81-63(79)42-40-38-36-34-32-30-28-26-24-22-20-18-16-14-12-10-8-6-2)49-64(3)43-44-65(4)57(69)50-66(45-47-67(51-58(70)71)52-59(72)73)46-48-68(53-60(74)75)54-61(76)77/h56H,5-55H2,1-4H3,(H,70,71)(H,72,73)(H,74,75)(H,76,77). The molecule has 0 saturated heterocycles. The number of carbonyl (C=O) groups excluding carboxylic acids is 3. The van der Waals surface area contributed by atoms with E-state index in [1.165, 1.54) is 201 Å². The van der Waals surface area contributed by atoms with Gasteiger partial charge in [0.25, 0.3) is 0 Å². The van der Waals surface area contributed by atoms with Gasteiger partial charge in [0.15, 0.2) is 0 Å². The number of carboxylic acid groups (broad SMARTS) is 4. The maximum absolute atomic E-state index is 13.6. The summed E-state index contributed by atoms with van der Waals surface area (Å²) in [5.74, 6) is -5.93. The molecule has 81 heavy (non-hydrogen) atoms. The first-order chi connectivity index (χ1) is 39.1. The molecule has 1 unspecified atom stereocenters. The van der Waals surface area contributed by atoms with Gasteiger partial charge in [0.05, 0.1) is 32.7 Å². The van der Waals surface area contributed by atoms with Gasteiger partial charge in [-0.2, -0.15) is 0 Å². The van der Waals surface area contributed by atoms with Crippen LogP contribution in [0.25, 0.3) is 0 Å². The molecule has 1 amide bonds. The Bertz CT molecular complexity index is 1520. The number of esters is 2. The molecule has 0 aromatic rings. The van der Waals surface area contributed by atoms with E-state index < -0.39 is 56.2 Å². The van der Waals surface area contributed by atoms with Crippen LogP contribution in [0.5, 0.6) is 0 Å². The Balaban J connectivity index is 5.19. The van der Waals surface area contributed by atoms with E-state index in [1.54, 1.807) is 11.9 Å². The second-order valence-electron chi connectivity index (χ2n) is 23.2. The van der Waals surface area contributed by atoms with Crippen LogP contribution in [-0.4, -0.2) is 192 Å². The van der Waals surface area contributed by atoms with Crippen molar-refractivity contribution in [1.29, 1.82) is 0 Å². The van der Waals surface area contributed by atoms with Crippen LogP contribution in [-0.2, 0) is 43.0 Å². The molecule has 0 radical (unpaired) electrons. The van der Waals surface area contributed by atoms with Gasteiger partial charge in [0.2, 0.25) is 5.91 Å². The van der Waals surface area contributed by atoms with Gasteiger partial charge in [-0.15, -0.1) is 0 Å². The zero-order valence-electron chi connectivity index (χ0n) is 51.8. The predicted molar refractivity (Wildman–Crippen MR) is 323 cm³/mol. The van der Waals surface area contributed by atoms with Crippen molar-refractivity contribution in [3.8, 4) is 0 Å². The highest BCUT2D eigenvalue weighted by atomic mass is 16.6. The van der Waals surface area contributed by atoms with E-state index in [1.807, 2.05) is 11.9 Å². The Hall–Kier alpha value is -3.87. The molecule has 0 rings (SSSR count). The summed E-state index contributed by atoms with van der Waals surface area (Å²) in [6, 6.07) is 0. The quantitative estimate of drug-likeness (QED) is 0.0327. The number of ether oxygens (including phenoxy) is 2. The summed E-state index contributed by atoms with van der Waals surface area (Å²) in [4.78, 5) is 92.9. The lowest BCUT2D eigenvalue weighted by molar-refractivity contribution is -0.160. The lowest BCUT2D eigenvalue weighted by Gasteiger charge is -2.30. The van der Waals surface area contributed by atoms with Crippen molar-refractivity contribution in [2.75, 3.05) is 99.2 Å². The second kappa shape index (κ2) is 55.3. The predicted octanol–water partition coefficient (Wildman–Crippen LogP) is 11.9. The van der Waals surface area contributed by atoms with E-state index in [9.17, 15) is 54.0 Å². The Kier molecular flexibility index (Phi) is 52.7. The average Bonchev–Trinajstić information content (AvgIpc) is 3.41. The maximum atomic E-state index is 13.6. The lowest BCUT2D eigenvalue weighted by Crippen LogP contribution is -2.48. The SMILES string of the molecule is CCCCCCCCCCCCCCCCCCCCC(=O)OCC(CN(C)CCN(C)C(=O)CN(CCN(CC(=O)O)CC(=O)O)CCN(CC(=O)O)CC(=O)O)OC(=O)CCCCCCCCCCCCCCCCCCCC. The van der Waals surface area contributed by atoms with E-state index in [0.29, 0.717) is 13.0 Å². The second-order valence-corrected chi connectivity index (χ2v) is 23.2. The minimum Gasteiger partial charge on any atom is -0.480 e. The van der Waals surface area contributed by atoms with Crippen LogP contribution in [0.1, 0.15) is 258 Å². The molecule has 0 aliphatic heterocycles. The smallest absolute Gasteiger partial charge is 0.317 e. The molecule has 0 aromatic heterocycles. The molecule has 4 N–H and O–H groups in total. The molecule has 474 valence electrons. The number of carboxylic acids is 4. The first kappa shape index (κ1) is 77.1. The molecule has 1 atom stereocenters. The molecule has 0 fully saturated rings. The van der Waals surface area contributed by atoms with Gasteiger partial charge in [-0.25, -0.2) is 0 Å². The van der Waals surface area contributed by atoms with Crippen LogP contribution < -0.4 is 0 Å². The van der Waals surface area contributed by atoms with E-state index in [-0.39, 0.29) is 76.7 Å². The zero-order valence-corrected chi connectivity index (χ0v) is 51.8. The van der Waals surface area contributed by atoms with Crippen molar-refractivity contribution in [3.63, 3.8) is 0 Å². The van der Waals surface area contributed by atoms with Crippen molar-refractivity contribution in [3.05, 3.63) is 0 Å². The summed E-state index contributed by atoms with van der Waals surface area (Å²) < 4.78 is 11.6. The van der Waals surface area contributed by atoms with Gasteiger partial charge >= 0.3 is 35.8 Å². The lowest BCUT2D eigenvalue weighted by atomic mass is 10.0. The number of carbonyl (C=O) groups is 7. The molecule has 0 bridgehead atoms. The average molecular weight is 1150 g/mol. The number of amides is 1. The minimum atomic E-state index is -1.23. The molecule has 0 heterocycles. The van der Waals surface area contributed by atoms with Crippen molar-refractivity contribution in [2.45, 2.75) is 264 Å². The Morgan fingerprint density at radius 2 is 0.630 bits per heavy atom. The highest BCUT2D eigenvalue weighted by molar-refractivity contribution is 5.78. The Labute approximate surface area is 491 Å². The first-order valence-electron chi connectivity index (χ1n) is 32.4. The minimum absolute atomic E-state index is 0.0405. The van der Waals surface area contributed by atoms with Crippen molar-refractivity contribution >= 4 is 41.7 Å². The van der Waals surface area contributed by atoms with Crippen LogP contribution in [0.4, 0.5) is 0 Å². The Morgan fingerprint density at radius 3 is 0.938 bits per heavy atom. The molecular weight excluding hydrogens is 1030 g/mol. The number of likely N-dealkylation sites (N-methyl/N-ethyl adjacent to an activating group) is 2. The summed E-state index contributed by atoms with van der Waals surface area (Å²) in [5.41, 5.74) is 0. The number of unbranched alkanes of at least 4 members (excludes halogenated alkanes) is 34. The van der Waals surface area contributed by atoms with Crippen LogP contribution in [0.2, 0.25) is 0 Å². The molecule has 18 nitrogen and oxygen atoms in total. The van der Waals surface area contributed by atoms with Gasteiger partial charge in [-0.05, 0) is 19.9 Å². The monoisotopic (exact) mass is 1150 g/mol. The number of hydrogen-bond donors (Lipinski definition) is 4. The third kappa shape index (κ3) is 53.9. The highest BCUT2D eigenvalue weighted by Crippen LogP contribution is 2.17. The largest absolute Gasteiger partial charge is 0.480 e. The van der Waals surface area contributed by atoms with Gasteiger partial charge in [-0.3, -0.25) is 48.3 Å².